The van der Waals surface area contributed by atoms with Gasteiger partial charge < -0.3 is 14.8 Å². The fourth-order valence-corrected chi connectivity index (χ4v) is 1.45. The quantitative estimate of drug-likeness (QED) is 0.746. The molecule has 0 spiro atoms. The van der Waals surface area contributed by atoms with Crippen LogP contribution in [0.3, 0.4) is 0 Å². The molecule has 0 unspecified atom stereocenters. The Morgan fingerprint density at radius 1 is 1.44 bits per heavy atom. The van der Waals surface area contributed by atoms with Gasteiger partial charge in [0.2, 0.25) is 0 Å². The highest BCUT2D eigenvalue weighted by molar-refractivity contribution is 6.36. The summed E-state index contributed by atoms with van der Waals surface area (Å²) in [5.74, 6) is 0.776. The molecule has 3 nitrogen and oxygen atoms in total. The van der Waals surface area contributed by atoms with E-state index in [4.69, 9.17) is 32.7 Å². The number of nitrogens with one attached hydrogen (secondary N) is 1. The van der Waals surface area contributed by atoms with E-state index >= 15 is 0 Å². The van der Waals surface area contributed by atoms with E-state index in [2.05, 4.69) is 5.32 Å². The standard InChI is InChI=1S/C13H17Cl2NO2/c1-17-6-5-16-9-11-3-2-4-13(7-11)18-10-12(15)8-14/h2-4,7-8,16H,5-6,9-10H2,1H3. The molecule has 0 saturated heterocycles. The molecule has 1 aromatic carbocycles. The van der Waals surface area contributed by atoms with Crippen molar-refractivity contribution < 1.29 is 9.47 Å². The third kappa shape index (κ3) is 6.26. The van der Waals surface area contributed by atoms with Crippen LogP contribution in [0.4, 0.5) is 0 Å². The van der Waals surface area contributed by atoms with Gasteiger partial charge in [0.1, 0.15) is 12.4 Å². The first-order valence-corrected chi connectivity index (χ1v) is 6.44. The largest absolute Gasteiger partial charge is 0.488 e. The fraction of sp³-hybridized carbons (Fsp3) is 0.385. The van der Waals surface area contributed by atoms with Gasteiger partial charge in [-0.25, -0.2) is 0 Å². The van der Waals surface area contributed by atoms with E-state index in [9.17, 15) is 0 Å². The molecule has 1 rings (SSSR count). The molecule has 100 valence electrons. The Morgan fingerprint density at radius 2 is 2.28 bits per heavy atom. The normalized spacial score (nSPS) is 11.6. The molecule has 1 aromatic rings. The molecule has 18 heavy (non-hydrogen) atoms. The molecule has 0 aromatic heterocycles. The number of hydrogen-bond donors (Lipinski definition) is 1. The van der Waals surface area contributed by atoms with Crippen LogP contribution < -0.4 is 10.1 Å². The van der Waals surface area contributed by atoms with Gasteiger partial charge in [-0.05, 0) is 17.7 Å². The highest BCUT2D eigenvalue weighted by atomic mass is 35.5. The lowest BCUT2D eigenvalue weighted by molar-refractivity contribution is 0.199. The second-order valence-corrected chi connectivity index (χ2v) is 4.37. The van der Waals surface area contributed by atoms with Crippen molar-refractivity contribution in [2.24, 2.45) is 0 Å². The van der Waals surface area contributed by atoms with Crippen LogP contribution in [0.2, 0.25) is 0 Å². The van der Waals surface area contributed by atoms with Crippen LogP contribution in [0.5, 0.6) is 5.75 Å². The predicted molar refractivity (Wildman–Crippen MR) is 75.3 cm³/mol. The molecular formula is C13H17Cl2NO2. The van der Waals surface area contributed by atoms with Gasteiger partial charge in [-0.2, -0.15) is 0 Å². The molecule has 0 bridgehead atoms. The van der Waals surface area contributed by atoms with E-state index in [0.29, 0.717) is 11.6 Å². The van der Waals surface area contributed by atoms with Crippen molar-refractivity contribution in [3.8, 4) is 5.75 Å². The minimum absolute atomic E-state index is 0.283. The van der Waals surface area contributed by atoms with Gasteiger partial charge in [-0.3, -0.25) is 0 Å². The Morgan fingerprint density at radius 3 is 3.00 bits per heavy atom. The molecule has 0 amide bonds. The second-order valence-electron chi connectivity index (χ2n) is 3.66. The summed E-state index contributed by atoms with van der Waals surface area (Å²) in [5, 5.41) is 3.74. The number of halogens is 2. The van der Waals surface area contributed by atoms with E-state index < -0.39 is 0 Å². The third-order valence-corrected chi connectivity index (χ3v) is 2.80. The highest BCUT2D eigenvalue weighted by Crippen LogP contribution is 2.15. The van der Waals surface area contributed by atoms with Crippen molar-refractivity contribution in [1.82, 2.24) is 5.32 Å². The van der Waals surface area contributed by atoms with Crippen LogP contribution >= 0.6 is 23.2 Å². The van der Waals surface area contributed by atoms with Crippen molar-refractivity contribution in [2.45, 2.75) is 6.54 Å². The Hall–Kier alpha value is -0.740. The first-order valence-electron chi connectivity index (χ1n) is 5.62. The summed E-state index contributed by atoms with van der Waals surface area (Å²) in [6.07, 6.45) is 0. The first-order chi connectivity index (χ1) is 8.76. The zero-order valence-corrected chi connectivity index (χ0v) is 11.8. The minimum Gasteiger partial charge on any atom is -0.488 e. The molecule has 0 radical (unpaired) electrons. The maximum absolute atomic E-state index is 5.75. The summed E-state index contributed by atoms with van der Waals surface area (Å²) in [7, 11) is 1.68. The molecule has 5 heteroatoms. The SMILES string of the molecule is COCCNCc1cccc(OCC(Cl)=CCl)c1. The van der Waals surface area contributed by atoms with Gasteiger partial charge in [0.05, 0.1) is 11.6 Å². The van der Waals surface area contributed by atoms with E-state index in [1.165, 1.54) is 5.54 Å². The van der Waals surface area contributed by atoms with Gasteiger partial charge in [0, 0.05) is 25.7 Å². The van der Waals surface area contributed by atoms with Crippen LogP contribution in [0.25, 0.3) is 0 Å². The molecule has 1 N–H and O–H groups in total. The van der Waals surface area contributed by atoms with Gasteiger partial charge >= 0.3 is 0 Å². The molecule has 0 aliphatic rings. The molecule has 0 atom stereocenters. The number of rotatable bonds is 8. The molecule has 0 heterocycles. The Bertz CT molecular complexity index is 383. The van der Waals surface area contributed by atoms with Crippen LogP contribution in [0.1, 0.15) is 5.56 Å². The lowest BCUT2D eigenvalue weighted by Gasteiger charge is -2.08. The lowest BCUT2D eigenvalue weighted by atomic mass is 10.2. The maximum atomic E-state index is 5.75. The van der Waals surface area contributed by atoms with E-state index in [1.54, 1.807) is 7.11 Å². The van der Waals surface area contributed by atoms with Crippen LogP contribution in [-0.2, 0) is 11.3 Å². The maximum Gasteiger partial charge on any atom is 0.125 e. The highest BCUT2D eigenvalue weighted by Gasteiger charge is 1.98. The van der Waals surface area contributed by atoms with E-state index in [1.807, 2.05) is 24.3 Å². The second kappa shape index (κ2) is 9.22. The summed E-state index contributed by atoms with van der Waals surface area (Å²) in [5.41, 5.74) is 2.45. The Kier molecular flexibility index (Phi) is 7.85. The van der Waals surface area contributed by atoms with Crippen molar-refractivity contribution >= 4 is 23.2 Å². The summed E-state index contributed by atoms with van der Waals surface area (Å²) < 4.78 is 10.4. The fourth-order valence-electron chi connectivity index (χ4n) is 1.34. The number of hydrogen-bond acceptors (Lipinski definition) is 3. The van der Waals surface area contributed by atoms with Gasteiger partial charge in [0.25, 0.3) is 0 Å². The van der Waals surface area contributed by atoms with Crippen LogP contribution in [-0.4, -0.2) is 26.9 Å². The van der Waals surface area contributed by atoms with E-state index in [-0.39, 0.29) is 6.61 Å². The van der Waals surface area contributed by atoms with Crippen LogP contribution in [0, 0.1) is 0 Å². The lowest BCUT2D eigenvalue weighted by Crippen LogP contribution is -2.18. The van der Waals surface area contributed by atoms with E-state index in [0.717, 1.165) is 24.4 Å². The van der Waals surface area contributed by atoms with Crippen LogP contribution in [0.15, 0.2) is 34.8 Å². The zero-order valence-electron chi connectivity index (χ0n) is 10.3. The van der Waals surface area contributed by atoms with Crippen molar-refractivity contribution in [3.63, 3.8) is 0 Å². The zero-order chi connectivity index (χ0) is 13.2. The van der Waals surface area contributed by atoms with Crippen molar-refractivity contribution in [1.29, 1.82) is 0 Å². The number of ether oxygens (including phenoxy) is 2. The van der Waals surface area contributed by atoms with Crippen molar-refractivity contribution in [2.75, 3.05) is 26.9 Å². The van der Waals surface area contributed by atoms with Crippen molar-refractivity contribution in [3.05, 3.63) is 40.4 Å². The third-order valence-electron chi connectivity index (χ3n) is 2.21. The van der Waals surface area contributed by atoms with Gasteiger partial charge in [-0.1, -0.05) is 35.3 Å². The summed E-state index contributed by atoms with van der Waals surface area (Å²) in [4.78, 5) is 0. The molecular weight excluding hydrogens is 273 g/mol. The topological polar surface area (TPSA) is 30.5 Å². The monoisotopic (exact) mass is 289 g/mol. The Balaban J connectivity index is 2.41. The Labute approximate surface area is 118 Å². The molecule has 0 aliphatic carbocycles. The molecule has 0 fully saturated rings. The predicted octanol–water partition coefficient (Wildman–Crippen LogP) is 3.12. The van der Waals surface area contributed by atoms with Gasteiger partial charge in [-0.15, -0.1) is 0 Å². The summed E-state index contributed by atoms with van der Waals surface area (Å²) in [6, 6.07) is 7.84. The number of methoxy groups -OCH3 is 1. The molecule has 0 saturated carbocycles. The molecule has 0 aliphatic heterocycles. The van der Waals surface area contributed by atoms with Gasteiger partial charge in [0.15, 0.2) is 0 Å². The average Bonchev–Trinajstić information content (AvgIpc) is 2.41. The minimum atomic E-state index is 0.283. The summed E-state index contributed by atoms with van der Waals surface area (Å²) in [6.45, 7) is 2.58. The smallest absolute Gasteiger partial charge is 0.125 e. The summed E-state index contributed by atoms with van der Waals surface area (Å²) >= 11 is 11.2. The average molecular weight is 290 g/mol. The number of benzene rings is 1. The first kappa shape index (κ1) is 15.3.